The normalized spacial score (nSPS) is 19.7. The molecule has 7 nitrogen and oxygen atoms in total. The van der Waals surface area contributed by atoms with Crippen LogP contribution in [0.2, 0.25) is 0 Å². The molecule has 35 heavy (non-hydrogen) atoms. The fraction of sp³-hybridized carbons (Fsp3) is 0.481. The summed E-state index contributed by atoms with van der Waals surface area (Å²) in [6.07, 6.45) is 4.22. The molecule has 2 heterocycles. The Bertz CT molecular complexity index is 1100. The number of carbonyl (C=O) groups excluding carboxylic acids is 2. The fourth-order valence-electron chi connectivity index (χ4n) is 5.16. The summed E-state index contributed by atoms with van der Waals surface area (Å²) >= 11 is 0. The molecule has 2 aromatic rings. The molecule has 0 aromatic heterocycles. The lowest BCUT2D eigenvalue weighted by Gasteiger charge is -2.37. The predicted molar refractivity (Wildman–Crippen MR) is 135 cm³/mol. The minimum atomic E-state index is -0.432. The van der Waals surface area contributed by atoms with Crippen LogP contribution in [-0.4, -0.2) is 67.8 Å². The third-order valence-electron chi connectivity index (χ3n) is 7.28. The number of halogens is 1. The van der Waals surface area contributed by atoms with Crippen molar-refractivity contribution in [3.05, 3.63) is 63.8 Å². The Morgan fingerprint density at radius 1 is 0.943 bits per heavy atom. The van der Waals surface area contributed by atoms with Crippen LogP contribution in [0.15, 0.2) is 41.6 Å². The third-order valence-corrected chi connectivity index (χ3v) is 7.28. The summed E-state index contributed by atoms with van der Waals surface area (Å²) < 4.78 is 14.6. The lowest BCUT2D eigenvalue weighted by Crippen LogP contribution is -2.49. The Morgan fingerprint density at radius 2 is 1.71 bits per heavy atom. The minimum Gasteiger partial charge on any atom is -0.366 e. The molecule has 1 amide bonds. The largest absolute Gasteiger partial charge is 0.366 e. The van der Waals surface area contributed by atoms with Gasteiger partial charge in [-0.1, -0.05) is 12.5 Å². The van der Waals surface area contributed by atoms with Crippen molar-refractivity contribution in [3.8, 4) is 0 Å². The topological polar surface area (TPSA) is 73.3 Å². The van der Waals surface area contributed by atoms with E-state index in [2.05, 4.69) is 17.1 Å². The van der Waals surface area contributed by atoms with Gasteiger partial charge in [0.25, 0.3) is 5.91 Å². The summed E-state index contributed by atoms with van der Waals surface area (Å²) in [6.45, 7) is 5.33. The average Bonchev–Trinajstić information content (AvgIpc) is 2.86. The molecular weight excluding hydrogens is 447 g/mol. The highest BCUT2D eigenvalue weighted by atomic mass is 19.1. The van der Waals surface area contributed by atoms with Crippen LogP contribution in [0.4, 0.5) is 15.8 Å². The van der Waals surface area contributed by atoms with E-state index in [-0.39, 0.29) is 23.3 Å². The summed E-state index contributed by atoms with van der Waals surface area (Å²) in [7, 11) is 2.13. The number of likely N-dealkylation sites (tertiary alicyclic amines) is 1. The van der Waals surface area contributed by atoms with Gasteiger partial charge >= 0.3 is 0 Å². The number of nitrogens with zero attached hydrogens (tertiary/aromatic N) is 4. The molecule has 8 heteroatoms. The van der Waals surface area contributed by atoms with Crippen molar-refractivity contribution in [2.75, 3.05) is 51.2 Å². The lowest BCUT2D eigenvalue weighted by molar-refractivity contribution is 0.0744. The first kappa shape index (κ1) is 25.0. The van der Waals surface area contributed by atoms with E-state index in [1.165, 1.54) is 13.0 Å². The third kappa shape index (κ3) is 5.75. The molecule has 0 bridgehead atoms. The number of rotatable bonds is 5. The van der Waals surface area contributed by atoms with Gasteiger partial charge in [0.05, 0.1) is 5.69 Å². The van der Waals surface area contributed by atoms with Crippen molar-refractivity contribution >= 4 is 23.1 Å². The number of carbonyl (C=O) groups is 2. The molecule has 4 rings (SSSR count). The van der Waals surface area contributed by atoms with Gasteiger partial charge in [0.1, 0.15) is 11.5 Å². The van der Waals surface area contributed by atoms with Crippen LogP contribution in [0.5, 0.6) is 0 Å². The van der Waals surface area contributed by atoms with E-state index in [1.54, 1.807) is 29.2 Å². The quantitative estimate of drug-likeness (QED) is 0.446. The zero-order valence-corrected chi connectivity index (χ0v) is 20.5. The SMILES string of the molecule is CC(=O)c1ccc(N2CCN(C(=O)c3cc(N=O)ccc3C3CCCCN(C)CC3)CC2)c(F)c1. The van der Waals surface area contributed by atoms with Crippen LogP contribution >= 0.6 is 0 Å². The van der Waals surface area contributed by atoms with Crippen molar-refractivity contribution in [2.45, 2.75) is 38.5 Å². The van der Waals surface area contributed by atoms with Crippen LogP contribution < -0.4 is 4.90 Å². The maximum atomic E-state index is 14.6. The first-order valence-corrected chi connectivity index (χ1v) is 12.4. The number of hydrogen-bond acceptors (Lipinski definition) is 6. The van der Waals surface area contributed by atoms with Crippen LogP contribution in [0.1, 0.15) is 64.8 Å². The van der Waals surface area contributed by atoms with Gasteiger partial charge in [-0.2, -0.15) is 0 Å². The van der Waals surface area contributed by atoms with E-state index >= 15 is 0 Å². The highest BCUT2D eigenvalue weighted by molar-refractivity contribution is 5.97. The number of anilines is 1. The second-order valence-electron chi connectivity index (χ2n) is 9.65. The van der Waals surface area contributed by atoms with E-state index in [1.807, 2.05) is 11.0 Å². The Kier molecular flexibility index (Phi) is 7.90. The van der Waals surface area contributed by atoms with Gasteiger partial charge in [-0.25, -0.2) is 4.39 Å². The molecule has 186 valence electrons. The molecule has 2 aromatic carbocycles. The molecule has 2 aliphatic heterocycles. The van der Waals surface area contributed by atoms with Gasteiger partial charge in [0, 0.05) is 37.3 Å². The van der Waals surface area contributed by atoms with Crippen LogP contribution in [0, 0.1) is 10.7 Å². The van der Waals surface area contributed by atoms with Crippen molar-refractivity contribution in [1.82, 2.24) is 9.80 Å². The van der Waals surface area contributed by atoms with E-state index in [4.69, 9.17) is 0 Å². The summed E-state index contributed by atoms with van der Waals surface area (Å²) in [6, 6.07) is 9.76. The second kappa shape index (κ2) is 11.1. The standard InChI is InChI=1S/C27H33FN4O3/c1-19(33)21-6-9-26(25(28)17-21)31-13-15-32(16-14-31)27(34)24-18-22(29-35)7-8-23(24)20-5-3-4-11-30(2)12-10-20/h6-9,17-18,20H,3-5,10-16H2,1-2H3. The first-order valence-electron chi connectivity index (χ1n) is 12.4. The Hall–Kier alpha value is -3.13. The molecule has 0 N–H and O–H groups in total. The number of Topliss-reactive ketones (excluding diaryl/α,β-unsaturated/α-hetero) is 1. The number of hydrogen-bond donors (Lipinski definition) is 0. The highest BCUT2D eigenvalue weighted by Gasteiger charge is 2.28. The molecule has 0 radical (unpaired) electrons. The molecule has 1 unspecified atom stereocenters. The molecule has 2 fully saturated rings. The van der Waals surface area contributed by atoms with Crippen molar-refractivity contribution in [2.24, 2.45) is 5.18 Å². The molecule has 2 saturated heterocycles. The van der Waals surface area contributed by atoms with E-state index in [0.717, 1.165) is 44.3 Å². The Labute approximate surface area is 205 Å². The zero-order valence-electron chi connectivity index (χ0n) is 20.5. The monoisotopic (exact) mass is 480 g/mol. The summed E-state index contributed by atoms with van der Waals surface area (Å²) in [5.74, 6) is -0.455. The highest BCUT2D eigenvalue weighted by Crippen LogP contribution is 2.33. The minimum absolute atomic E-state index is 0.104. The zero-order chi connectivity index (χ0) is 24.9. The molecule has 1 atom stereocenters. The first-order chi connectivity index (χ1) is 16.9. The van der Waals surface area contributed by atoms with Gasteiger partial charge in [0.15, 0.2) is 5.78 Å². The molecule has 0 spiro atoms. The number of benzene rings is 2. The molecule has 2 aliphatic rings. The smallest absolute Gasteiger partial charge is 0.254 e. The van der Waals surface area contributed by atoms with Crippen LogP contribution in [-0.2, 0) is 0 Å². The summed E-state index contributed by atoms with van der Waals surface area (Å²) in [5.41, 5.74) is 2.59. The van der Waals surface area contributed by atoms with Crippen molar-refractivity contribution < 1.29 is 14.0 Å². The Balaban J connectivity index is 1.51. The second-order valence-corrected chi connectivity index (χ2v) is 9.65. The lowest BCUT2D eigenvalue weighted by atomic mass is 9.85. The van der Waals surface area contributed by atoms with Crippen molar-refractivity contribution in [3.63, 3.8) is 0 Å². The van der Waals surface area contributed by atoms with Gasteiger partial charge in [0.2, 0.25) is 0 Å². The summed E-state index contributed by atoms with van der Waals surface area (Å²) in [4.78, 5) is 42.4. The fourth-order valence-corrected chi connectivity index (χ4v) is 5.16. The van der Waals surface area contributed by atoms with E-state index in [0.29, 0.717) is 43.0 Å². The summed E-state index contributed by atoms with van der Waals surface area (Å²) in [5, 5.41) is 3.07. The maximum Gasteiger partial charge on any atom is 0.254 e. The predicted octanol–water partition coefficient (Wildman–Crippen LogP) is 4.98. The van der Waals surface area contributed by atoms with E-state index in [9.17, 15) is 18.9 Å². The number of nitroso groups, excluding NO2 is 1. The molecule has 0 saturated carbocycles. The van der Waals surface area contributed by atoms with Gasteiger partial charge < -0.3 is 14.7 Å². The number of amides is 1. The van der Waals surface area contributed by atoms with Gasteiger partial charge in [-0.3, -0.25) is 9.59 Å². The van der Waals surface area contributed by atoms with Gasteiger partial charge in [-0.05, 0) is 93.3 Å². The molecule has 0 aliphatic carbocycles. The van der Waals surface area contributed by atoms with Crippen LogP contribution in [0.3, 0.4) is 0 Å². The average molecular weight is 481 g/mol. The van der Waals surface area contributed by atoms with E-state index < -0.39 is 5.82 Å². The molecular formula is C27H33FN4O3. The number of piperazine rings is 1. The van der Waals surface area contributed by atoms with Crippen LogP contribution in [0.25, 0.3) is 0 Å². The Morgan fingerprint density at radius 3 is 2.40 bits per heavy atom. The maximum absolute atomic E-state index is 14.6. The number of ketones is 1. The van der Waals surface area contributed by atoms with Crippen molar-refractivity contribution in [1.29, 1.82) is 0 Å². The van der Waals surface area contributed by atoms with Gasteiger partial charge in [-0.15, -0.1) is 4.91 Å².